The lowest BCUT2D eigenvalue weighted by Crippen LogP contribution is -2.20. The number of nitrogens with one attached hydrogen (secondary N) is 1. The van der Waals surface area contributed by atoms with Crippen molar-refractivity contribution in [2.24, 2.45) is 5.92 Å². The lowest BCUT2D eigenvalue weighted by Gasteiger charge is -2.20. The molecular weight excluding hydrogens is 286 g/mol. The molecule has 2 atom stereocenters. The molecule has 0 amide bonds. The highest BCUT2D eigenvalue weighted by Crippen LogP contribution is 2.29. The van der Waals surface area contributed by atoms with Crippen LogP contribution in [-0.4, -0.2) is 19.1 Å². The standard InChI is InChI=1S/C17H24ClNO2/c1-3-12-5-4-6-14(9-7-12)19-16-11-13(18)8-10-15(16)17(20)21-2/h8,10-12,14,19H,3-7,9H2,1-2H3. The number of ether oxygens (including phenoxy) is 1. The maximum absolute atomic E-state index is 11.8. The Morgan fingerprint density at radius 1 is 1.33 bits per heavy atom. The van der Waals surface area contributed by atoms with E-state index in [1.165, 1.54) is 32.8 Å². The van der Waals surface area contributed by atoms with E-state index in [9.17, 15) is 4.79 Å². The first-order valence-corrected chi connectivity index (χ1v) is 8.16. The van der Waals surface area contributed by atoms with Gasteiger partial charge in [-0.2, -0.15) is 0 Å². The number of methoxy groups -OCH3 is 1. The smallest absolute Gasteiger partial charge is 0.339 e. The van der Waals surface area contributed by atoms with Gasteiger partial charge in [-0.05, 0) is 43.4 Å². The third kappa shape index (κ3) is 4.37. The molecule has 0 heterocycles. The Hall–Kier alpha value is -1.22. The summed E-state index contributed by atoms with van der Waals surface area (Å²) in [6, 6.07) is 5.67. The Labute approximate surface area is 132 Å². The molecule has 1 aliphatic rings. The van der Waals surface area contributed by atoms with Crippen molar-refractivity contribution < 1.29 is 9.53 Å². The minimum absolute atomic E-state index is 0.325. The summed E-state index contributed by atoms with van der Waals surface area (Å²) in [4.78, 5) is 11.8. The van der Waals surface area contributed by atoms with Gasteiger partial charge in [0.1, 0.15) is 0 Å². The lowest BCUT2D eigenvalue weighted by molar-refractivity contribution is 0.0602. The van der Waals surface area contributed by atoms with E-state index < -0.39 is 0 Å². The molecule has 2 rings (SSSR count). The molecule has 0 bridgehead atoms. The molecule has 3 nitrogen and oxygen atoms in total. The van der Waals surface area contributed by atoms with Crippen LogP contribution in [0.25, 0.3) is 0 Å². The molecule has 2 unspecified atom stereocenters. The first-order valence-electron chi connectivity index (χ1n) is 7.78. The Kier molecular flexibility index (Phi) is 5.92. The Bertz CT molecular complexity index is 490. The van der Waals surface area contributed by atoms with Crippen LogP contribution in [0.5, 0.6) is 0 Å². The average molecular weight is 310 g/mol. The van der Waals surface area contributed by atoms with Gasteiger partial charge >= 0.3 is 5.97 Å². The van der Waals surface area contributed by atoms with Crippen LogP contribution in [0.15, 0.2) is 18.2 Å². The summed E-state index contributed by atoms with van der Waals surface area (Å²) in [5, 5.41) is 4.13. The number of esters is 1. The van der Waals surface area contributed by atoms with Crippen LogP contribution in [0.4, 0.5) is 5.69 Å². The molecular formula is C17H24ClNO2. The van der Waals surface area contributed by atoms with Crippen molar-refractivity contribution in [2.75, 3.05) is 12.4 Å². The van der Waals surface area contributed by atoms with Crippen LogP contribution >= 0.6 is 11.6 Å². The van der Waals surface area contributed by atoms with Gasteiger partial charge in [0, 0.05) is 11.1 Å². The molecule has 0 aliphatic heterocycles. The quantitative estimate of drug-likeness (QED) is 0.635. The average Bonchev–Trinajstić information content (AvgIpc) is 2.72. The van der Waals surface area contributed by atoms with Crippen LogP contribution in [0.1, 0.15) is 55.8 Å². The van der Waals surface area contributed by atoms with Crippen molar-refractivity contribution in [3.8, 4) is 0 Å². The monoisotopic (exact) mass is 309 g/mol. The summed E-state index contributed by atoms with van der Waals surface area (Å²) in [5.74, 6) is 0.519. The molecule has 4 heteroatoms. The largest absolute Gasteiger partial charge is 0.465 e. The van der Waals surface area contributed by atoms with Crippen molar-refractivity contribution in [3.63, 3.8) is 0 Å². The molecule has 21 heavy (non-hydrogen) atoms. The molecule has 1 aromatic rings. The van der Waals surface area contributed by atoms with Gasteiger partial charge in [0.2, 0.25) is 0 Å². The van der Waals surface area contributed by atoms with E-state index in [0.29, 0.717) is 16.6 Å². The van der Waals surface area contributed by atoms with E-state index in [1.807, 2.05) is 6.07 Å². The summed E-state index contributed by atoms with van der Waals surface area (Å²) in [6.07, 6.45) is 7.35. The Morgan fingerprint density at radius 3 is 2.86 bits per heavy atom. The second kappa shape index (κ2) is 7.69. The fraction of sp³-hybridized carbons (Fsp3) is 0.588. The number of rotatable bonds is 4. The molecule has 1 N–H and O–H groups in total. The second-order valence-corrected chi connectivity index (χ2v) is 6.24. The zero-order valence-corrected chi connectivity index (χ0v) is 13.6. The van der Waals surface area contributed by atoms with Crippen LogP contribution in [-0.2, 0) is 4.74 Å². The van der Waals surface area contributed by atoms with Crippen molar-refractivity contribution in [3.05, 3.63) is 28.8 Å². The van der Waals surface area contributed by atoms with E-state index in [-0.39, 0.29) is 5.97 Å². The third-order valence-electron chi connectivity index (χ3n) is 4.41. The van der Waals surface area contributed by atoms with Gasteiger partial charge in [-0.15, -0.1) is 0 Å². The minimum atomic E-state index is -0.325. The first-order chi connectivity index (χ1) is 10.1. The van der Waals surface area contributed by atoms with Crippen molar-refractivity contribution >= 4 is 23.3 Å². The Morgan fingerprint density at radius 2 is 2.14 bits per heavy atom. The SMILES string of the molecule is CCC1CCCC(Nc2cc(Cl)ccc2C(=O)OC)CC1. The highest BCUT2D eigenvalue weighted by Gasteiger charge is 2.20. The predicted octanol–water partition coefficient (Wildman–Crippen LogP) is 4.90. The number of carbonyl (C=O) groups excluding carboxylic acids is 1. The Balaban J connectivity index is 2.11. The topological polar surface area (TPSA) is 38.3 Å². The molecule has 0 aromatic heterocycles. The van der Waals surface area contributed by atoms with Crippen molar-refractivity contribution in [2.45, 2.75) is 51.5 Å². The number of halogens is 1. The molecule has 1 saturated carbocycles. The van der Waals surface area contributed by atoms with Crippen LogP contribution in [0, 0.1) is 5.92 Å². The molecule has 116 valence electrons. The van der Waals surface area contributed by atoms with Gasteiger partial charge < -0.3 is 10.1 Å². The predicted molar refractivity (Wildman–Crippen MR) is 87.1 cm³/mol. The maximum Gasteiger partial charge on any atom is 0.339 e. The summed E-state index contributed by atoms with van der Waals surface area (Å²) >= 11 is 6.07. The first kappa shape index (κ1) is 16.2. The zero-order chi connectivity index (χ0) is 15.2. The van der Waals surface area contributed by atoms with E-state index in [1.54, 1.807) is 12.1 Å². The van der Waals surface area contributed by atoms with Gasteiger partial charge in [-0.25, -0.2) is 4.79 Å². The number of anilines is 1. The van der Waals surface area contributed by atoms with Gasteiger partial charge in [-0.3, -0.25) is 0 Å². The van der Waals surface area contributed by atoms with Gasteiger partial charge in [0.15, 0.2) is 0 Å². The van der Waals surface area contributed by atoms with Crippen LogP contribution < -0.4 is 5.32 Å². The van der Waals surface area contributed by atoms with Gasteiger partial charge in [0.25, 0.3) is 0 Å². The summed E-state index contributed by atoms with van der Waals surface area (Å²) in [7, 11) is 1.40. The summed E-state index contributed by atoms with van der Waals surface area (Å²) in [6.45, 7) is 2.27. The van der Waals surface area contributed by atoms with E-state index in [2.05, 4.69) is 12.2 Å². The molecule has 1 aliphatic carbocycles. The molecule has 1 fully saturated rings. The normalized spacial score (nSPS) is 22.4. The van der Waals surface area contributed by atoms with Crippen LogP contribution in [0.2, 0.25) is 5.02 Å². The fourth-order valence-electron chi connectivity index (χ4n) is 3.07. The van der Waals surface area contributed by atoms with Gasteiger partial charge in [0.05, 0.1) is 18.4 Å². The van der Waals surface area contributed by atoms with Crippen molar-refractivity contribution in [1.29, 1.82) is 0 Å². The van der Waals surface area contributed by atoms with Gasteiger partial charge in [-0.1, -0.05) is 37.8 Å². The fourth-order valence-corrected chi connectivity index (χ4v) is 3.25. The zero-order valence-electron chi connectivity index (χ0n) is 12.8. The number of benzene rings is 1. The molecule has 1 aromatic carbocycles. The molecule has 0 spiro atoms. The minimum Gasteiger partial charge on any atom is -0.465 e. The number of hydrogen-bond acceptors (Lipinski definition) is 3. The van der Waals surface area contributed by atoms with E-state index in [4.69, 9.17) is 16.3 Å². The third-order valence-corrected chi connectivity index (χ3v) is 4.65. The highest BCUT2D eigenvalue weighted by molar-refractivity contribution is 6.31. The maximum atomic E-state index is 11.8. The number of carbonyl (C=O) groups is 1. The second-order valence-electron chi connectivity index (χ2n) is 5.81. The molecule has 0 saturated heterocycles. The van der Waals surface area contributed by atoms with Crippen LogP contribution in [0.3, 0.4) is 0 Å². The van der Waals surface area contributed by atoms with E-state index >= 15 is 0 Å². The lowest BCUT2D eigenvalue weighted by atomic mass is 9.98. The number of hydrogen-bond donors (Lipinski definition) is 1. The van der Waals surface area contributed by atoms with Crippen molar-refractivity contribution in [1.82, 2.24) is 0 Å². The molecule has 0 radical (unpaired) electrons. The van der Waals surface area contributed by atoms with E-state index in [0.717, 1.165) is 24.4 Å². The summed E-state index contributed by atoms with van der Waals surface area (Å²) < 4.78 is 4.84. The summed E-state index contributed by atoms with van der Waals surface area (Å²) in [5.41, 5.74) is 1.34. The highest BCUT2D eigenvalue weighted by atomic mass is 35.5.